The van der Waals surface area contributed by atoms with Crippen LogP contribution in [0, 0.1) is 0 Å². The maximum Gasteiger partial charge on any atom is 0.336 e. The molecule has 6 nitrogen and oxygen atoms in total. The Balaban J connectivity index is 2.65. The molecular weight excluding hydrogens is 300 g/mol. The Labute approximate surface area is 132 Å². The summed E-state index contributed by atoms with van der Waals surface area (Å²) in [6.07, 6.45) is -2.56. The normalized spacial score (nSPS) is 13.3. The van der Waals surface area contributed by atoms with Gasteiger partial charge in [-0.1, -0.05) is 24.3 Å². The van der Waals surface area contributed by atoms with Crippen molar-refractivity contribution in [3.63, 3.8) is 0 Å². The van der Waals surface area contributed by atoms with Crippen LogP contribution in [0.15, 0.2) is 42.5 Å². The zero-order valence-corrected chi connectivity index (χ0v) is 12.3. The largest absolute Gasteiger partial charge is 0.478 e. The maximum atomic E-state index is 11.3. The highest BCUT2D eigenvalue weighted by Crippen LogP contribution is 2.30. The van der Waals surface area contributed by atoms with Crippen LogP contribution in [-0.4, -0.2) is 38.5 Å². The van der Waals surface area contributed by atoms with Gasteiger partial charge in [-0.15, -0.1) is 0 Å². The van der Waals surface area contributed by atoms with Crippen molar-refractivity contribution >= 4 is 11.9 Å². The average Bonchev–Trinajstić information content (AvgIpc) is 2.53. The van der Waals surface area contributed by atoms with Crippen LogP contribution in [0.4, 0.5) is 0 Å². The van der Waals surface area contributed by atoms with Crippen LogP contribution in [-0.2, 0) is 0 Å². The van der Waals surface area contributed by atoms with E-state index in [1.807, 2.05) is 0 Å². The topological polar surface area (TPSA) is 115 Å². The second-order valence-corrected chi connectivity index (χ2v) is 5.14. The van der Waals surface area contributed by atoms with Crippen LogP contribution >= 0.6 is 0 Å². The van der Waals surface area contributed by atoms with Crippen molar-refractivity contribution in [3.8, 4) is 11.1 Å². The third kappa shape index (κ3) is 3.39. The van der Waals surface area contributed by atoms with Crippen molar-refractivity contribution in [1.29, 1.82) is 0 Å². The number of hydrogen-bond acceptors (Lipinski definition) is 4. The van der Waals surface area contributed by atoms with E-state index in [1.165, 1.54) is 31.2 Å². The van der Waals surface area contributed by atoms with Gasteiger partial charge in [0.1, 0.15) is 6.10 Å². The van der Waals surface area contributed by atoms with Gasteiger partial charge in [-0.2, -0.15) is 0 Å². The summed E-state index contributed by atoms with van der Waals surface area (Å²) in [6.45, 7) is 1.34. The van der Waals surface area contributed by atoms with Crippen LogP contribution in [0.25, 0.3) is 11.1 Å². The van der Waals surface area contributed by atoms with E-state index in [2.05, 4.69) is 0 Å². The molecule has 23 heavy (non-hydrogen) atoms. The van der Waals surface area contributed by atoms with Crippen LogP contribution in [0.1, 0.15) is 39.3 Å². The second kappa shape index (κ2) is 6.60. The Bertz CT molecular complexity index is 750. The summed E-state index contributed by atoms with van der Waals surface area (Å²) >= 11 is 0. The molecule has 0 aliphatic heterocycles. The molecule has 2 rings (SSSR count). The Kier molecular flexibility index (Phi) is 4.78. The Hall–Kier alpha value is -2.70. The number of rotatable bonds is 5. The molecule has 0 fully saturated rings. The number of carboxylic acids is 2. The lowest BCUT2D eigenvalue weighted by atomic mass is 9.92. The van der Waals surface area contributed by atoms with Gasteiger partial charge in [-0.25, -0.2) is 9.59 Å². The lowest BCUT2D eigenvalue weighted by molar-refractivity contribution is 0.0292. The summed E-state index contributed by atoms with van der Waals surface area (Å²) < 4.78 is 0. The Morgan fingerprint density at radius 3 is 2.09 bits per heavy atom. The number of aliphatic hydroxyl groups is 2. The number of aromatic carboxylic acids is 2. The number of aliphatic hydroxyl groups excluding tert-OH is 2. The minimum absolute atomic E-state index is 0.0326. The highest BCUT2D eigenvalue weighted by atomic mass is 16.4. The Morgan fingerprint density at radius 2 is 1.52 bits per heavy atom. The molecule has 0 aliphatic rings. The average molecular weight is 316 g/mol. The molecule has 0 aliphatic carbocycles. The third-order valence-corrected chi connectivity index (χ3v) is 3.53. The van der Waals surface area contributed by atoms with Crippen molar-refractivity contribution in [2.75, 3.05) is 0 Å². The van der Waals surface area contributed by atoms with Gasteiger partial charge in [0.15, 0.2) is 0 Å². The van der Waals surface area contributed by atoms with Crippen molar-refractivity contribution in [2.45, 2.75) is 19.1 Å². The van der Waals surface area contributed by atoms with Crippen molar-refractivity contribution < 1.29 is 30.0 Å². The van der Waals surface area contributed by atoms with E-state index in [1.54, 1.807) is 18.2 Å². The minimum Gasteiger partial charge on any atom is -0.478 e. The number of carbonyl (C=O) groups is 2. The predicted octanol–water partition coefficient (Wildman–Crippen LogP) is 2.16. The summed E-state index contributed by atoms with van der Waals surface area (Å²) in [6, 6.07) is 10.4. The molecule has 2 aromatic carbocycles. The zero-order chi connectivity index (χ0) is 17.1. The van der Waals surface area contributed by atoms with E-state index in [0.29, 0.717) is 11.1 Å². The van der Waals surface area contributed by atoms with Gasteiger partial charge >= 0.3 is 11.9 Å². The molecule has 0 radical (unpaired) electrons. The summed E-state index contributed by atoms with van der Waals surface area (Å²) in [4.78, 5) is 22.6. The molecule has 0 heterocycles. The lowest BCUT2D eigenvalue weighted by Crippen LogP contribution is -2.17. The molecular formula is C17H16O6. The quantitative estimate of drug-likeness (QED) is 0.672. The van der Waals surface area contributed by atoms with Crippen LogP contribution in [0.5, 0.6) is 0 Å². The molecule has 2 unspecified atom stereocenters. The number of carboxylic acid groups (broad SMARTS) is 2. The van der Waals surface area contributed by atoms with Crippen LogP contribution in [0.3, 0.4) is 0 Å². The molecule has 0 saturated carbocycles. The standard InChI is InChI=1S/C17H16O6/c1-9(18)15(19)14-8-10(6-7-13(14)17(22)23)11-4-2-3-5-12(11)16(20)21/h2-9,15,18-19H,1H3,(H,20,21)(H,22,23). The molecule has 2 atom stereocenters. The first kappa shape index (κ1) is 16.7. The van der Waals surface area contributed by atoms with E-state index >= 15 is 0 Å². The molecule has 120 valence electrons. The van der Waals surface area contributed by atoms with Gasteiger partial charge in [-0.05, 0) is 41.8 Å². The number of benzene rings is 2. The van der Waals surface area contributed by atoms with Crippen molar-refractivity contribution in [2.24, 2.45) is 0 Å². The van der Waals surface area contributed by atoms with Gasteiger partial charge in [0.25, 0.3) is 0 Å². The fraction of sp³-hybridized carbons (Fsp3) is 0.176. The fourth-order valence-electron chi connectivity index (χ4n) is 2.35. The monoisotopic (exact) mass is 316 g/mol. The summed E-state index contributed by atoms with van der Waals surface area (Å²) in [5, 5.41) is 38.1. The van der Waals surface area contributed by atoms with Gasteiger partial charge < -0.3 is 20.4 Å². The van der Waals surface area contributed by atoms with E-state index in [-0.39, 0.29) is 16.7 Å². The third-order valence-electron chi connectivity index (χ3n) is 3.53. The molecule has 0 aromatic heterocycles. The molecule has 0 spiro atoms. The summed E-state index contributed by atoms with van der Waals surface area (Å²) in [5.41, 5.74) is 0.798. The molecule has 0 saturated heterocycles. The van der Waals surface area contributed by atoms with Gasteiger partial charge in [0.2, 0.25) is 0 Å². The molecule has 4 N–H and O–H groups in total. The first-order valence-electron chi connectivity index (χ1n) is 6.89. The highest BCUT2D eigenvalue weighted by Gasteiger charge is 2.22. The molecule has 6 heteroatoms. The minimum atomic E-state index is -1.39. The van der Waals surface area contributed by atoms with Crippen LogP contribution < -0.4 is 0 Å². The van der Waals surface area contributed by atoms with E-state index in [0.717, 1.165) is 0 Å². The lowest BCUT2D eigenvalue weighted by Gasteiger charge is -2.18. The maximum absolute atomic E-state index is 11.3. The first-order chi connectivity index (χ1) is 10.8. The van der Waals surface area contributed by atoms with E-state index in [9.17, 15) is 30.0 Å². The van der Waals surface area contributed by atoms with Crippen molar-refractivity contribution in [3.05, 3.63) is 59.2 Å². The predicted molar refractivity (Wildman–Crippen MR) is 82.4 cm³/mol. The number of hydrogen-bond donors (Lipinski definition) is 4. The SMILES string of the molecule is CC(O)C(O)c1cc(-c2ccccc2C(=O)O)ccc1C(=O)O. The van der Waals surface area contributed by atoms with Gasteiger partial charge in [0, 0.05) is 0 Å². The van der Waals surface area contributed by atoms with Crippen molar-refractivity contribution in [1.82, 2.24) is 0 Å². The molecule has 2 aromatic rings. The first-order valence-corrected chi connectivity index (χ1v) is 6.89. The highest BCUT2D eigenvalue weighted by molar-refractivity contribution is 5.97. The van der Waals surface area contributed by atoms with E-state index < -0.39 is 24.1 Å². The molecule has 0 bridgehead atoms. The summed E-state index contributed by atoms with van der Waals surface area (Å²) in [7, 11) is 0. The summed E-state index contributed by atoms with van der Waals surface area (Å²) in [5.74, 6) is -2.35. The van der Waals surface area contributed by atoms with Gasteiger partial charge in [-0.3, -0.25) is 0 Å². The molecule has 0 amide bonds. The Morgan fingerprint density at radius 1 is 0.913 bits per heavy atom. The zero-order valence-electron chi connectivity index (χ0n) is 12.3. The fourth-order valence-corrected chi connectivity index (χ4v) is 2.35. The van der Waals surface area contributed by atoms with E-state index in [4.69, 9.17) is 0 Å². The van der Waals surface area contributed by atoms with Gasteiger partial charge in [0.05, 0.1) is 17.2 Å². The smallest absolute Gasteiger partial charge is 0.336 e. The second-order valence-electron chi connectivity index (χ2n) is 5.14. The van der Waals surface area contributed by atoms with Crippen LogP contribution in [0.2, 0.25) is 0 Å².